The van der Waals surface area contributed by atoms with E-state index in [0.717, 1.165) is 12.8 Å². The SMILES string of the molecule is CCCCC(=O)N=BO. The van der Waals surface area contributed by atoms with Gasteiger partial charge < -0.3 is 0 Å². The van der Waals surface area contributed by atoms with Gasteiger partial charge in [0.2, 0.25) is 0 Å². The predicted octanol–water partition coefficient (Wildman–Crippen LogP) is 0.498. The van der Waals surface area contributed by atoms with Crippen LogP contribution in [-0.4, -0.2) is 18.2 Å². The Kier molecular flexibility index (Phi) is 5.07. The first-order chi connectivity index (χ1) is 4.31. The van der Waals surface area contributed by atoms with Gasteiger partial charge in [-0.2, -0.15) is 0 Å². The second kappa shape index (κ2) is 5.47. The molecule has 0 fully saturated rings. The molecule has 4 heteroatoms. The van der Waals surface area contributed by atoms with Crippen LogP contribution in [0.4, 0.5) is 0 Å². The molecule has 3 nitrogen and oxygen atoms in total. The van der Waals surface area contributed by atoms with Crippen LogP contribution in [0.5, 0.6) is 0 Å². The molecule has 0 unspecified atom stereocenters. The molecule has 0 aliphatic rings. The Morgan fingerprint density at radius 3 is 2.89 bits per heavy atom. The number of unbranched alkanes of at least 4 members (excludes halogenated alkanes) is 1. The molecule has 50 valence electrons. The zero-order chi connectivity index (χ0) is 7.11. The fourth-order valence-corrected chi connectivity index (χ4v) is 0.457. The first kappa shape index (κ1) is 8.33. The average Bonchev–Trinajstić information content (AvgIpc) is 1.85. The number of rotatable bonds is 3. The molecule has 0 rings (SSSR count). The third-order valence-corrected chi connectivity index (χ3v) is 0.946. The van der Waals surface area contributed by atoms with Crippen LogP contribution >= 0.6 is 0 Å². The summed E-state index contributed by atoms with van der Waals surface area (Å²) in [6, 6.07) is 0. The van der Waals surface area contributed by atoms with Gasteiger partial charge >= 0.3 is 54.1 Å². The minimum atomic E-state index is -0.251. The summed E-state index contributed by atoms with van der Waals surface area (Å²) in [5.74, 6) is -0.251. The van der Waals surface area contributed by atoms with Crippen molar-refractivity contribution in [2.24, 2.45) is 4.90 Å². The van der Waals surface area contributed by atoms with Crippen molar-refractivity contribution in [1.82, 2.24) is 0 Å². The van der Waals surface area contributed by atoms with Crippen LogP contribution < -0.4 is 0 Å². The van der Waals surface area contributed by atoms with E-state index in [0.29, 0.717) is 13.7 Å². The van der Waals surface area contributed by atoms with Gasteiger partial charge in [-0.3, -0.25) is 0 Å². The van der Waals surface area contributed by atoms with E-state index < -0.39 is 0 Å². The number of carbonyl (C=O) groups is 1. The molecule has 0 bridgehead atoms. The van der Waals surface area contributed by atoms with E-state index in [-0.39, 0.29) is 5.91 Å². The second-order valence-electron chi connectivity index (χ2n) is 1.74. The van der Waals surface area contributed by atoms with Gasteiger partial charge in [-0.1, -0.05) is 0 Å². The minimum absolute atomic E-state index is 0.251. The van der Waals surface area contributed by atoms with Gasteiger partial charge in [0, 0.05) is 0 Å². The van der Waals surface area contributed by atoms with Gasteiger partial charge in [0.15, 0.2) is 0 Å². The number of hydrogen-bond donors (Lipinski definition) is 1. The van der Waals surface area contributed by atoms with Crippen molar-refractivity contribution < 1.29 is 9.82 Å². The number of carbonyl (C=O) groups excluding carboxylic acids is 1. The number of hydrogen-bond acceptors (Lipinski definition) is 1. The van der Waals surface area contributed by atoms with Crippen molar-refractivity contribution in [3.63, 3.8) is 0 Å². The molecule has 0 aromatic carbocycles. The van der Waals surface area contributed by atoms with E-state index in [1.54, 1.807) is 0 Å². The summed E-state index contributed by atoms with van der Waals surface area (Å²) < 4.78 is 0. The van der Waals surface area contributed by atoms with Crippen molar-refractivity contribution in [1.29, 1.82) is 0 Å². The molecule has 0 saturated heterocycles. The van der Waals surface area contributed by atoms with Gasteiger partial charge in [0.1, 0.15) is 0 Å². The van der Waals surface area contributed by atoms with Gasteiger partial charge in [-0.25, -0.2) is 0 Å². The Morgan fingerprint density at radius 1 is 1.78 bits per heavy atom. The second-order valence-corrected chi connectivity index (χ2v) is 1.74. The molecule has 0 spiro atoms. The third kappa shape index (κ3) is 5.20. The van der Waals surface area contributed by atoms with Crippen molar-refractivity contribution in [2.45, 2.75) is 26.2 Å². The van der Waals surface area contributed by atoms with E-state index in [2.05, 4.69) is 4.90 Å². The molecule has 1 amide bonds. The Morgan fingerprint density at radius 2 is 2.44 bits per heavy atom. The summed E-state index contributed by atoms with van der Waals surface area (Å²) in [7, 11) is 0.540. The number of nitrogens with zero attached hydrogens (tertiary/aromatic N) is 1. The maximum atomic E-state index is 10.4. The molecule has 0 aliphatic carbocycles. The van der Waals surface area contributed by atoms with Crippen LogP contribution in [0.1, 0.15) is 26.2 Å². The molecule has 1 N–H and O–H groups in total. The summed E-state index contributed by atoms with van der Waals surface area (Å²) in [5.41, 5.74) is 0. The van der Waals surface area contributed by atoms with Crippen LogP contribution in [-0.2, 0) is 4.79 Å². The standard InChI is InChI=1S/C5H10BNO2/c1-2-3-4-5(8)7-6-9/h9H,2-4H2,1H3. The molecule has 0 aromatic rings. The van der Waals surface area contributed by atoms with Crippen LogP contribution in [0.15, 0.2) is 4.90 Å². The Balaban J connectivity index is 3.27. The van der Waals surface area contributed by atoms with Crippen molar-refractivity contribution in [3.05, 3.63) is 0 Å². The molecule has 9 heavy (non-hydrogen) atoms. The monoisotopic (exact) mass is 127 g/mol. The van der Waals surface area contributed by atoms with Gasteiger partial charge in [-0.05, 0) is 0 Å². The zero-order valence-corrected chi connectivity index (χ0v) is 5.50. The normalized spacial score (nSPS) is 9.44. The summed E-state index contributed by atoms with van der Waals surface area (Å²) in [6.07, 6.45) is 2.26. The molecular weight excluding hydrogens is 117 g/mol. The maximum absolute atomic E-state index is 10.4. The molecule has 0 saturated carbocycles. The molecule has 0 radical (unpaired) electrons. The Labute approximate surface area is 55.1 Å². The Hall–Kier alpha value is -0.665. The summed E-state index contributed by atoms with van der Waals surface area (Å²) in [4.78, 5) is 13.6. The van der Waals surface area contributed by atoms with Crippen LogP contribution in [0.25, 0.3) is 0 Å². The van der Waals surface area contributed by atoms with Crippen LogP contribution in [0.3, 0.4) is 0 Å². The molecule has 0 aliphatic heterocycles. The summed E-state index contributed by atoms with van der Waals surface area (Å²) >= 11 is 0. The first-order valence-electron chi connectivity index (χ1n) is 3.00. The fourth-order valence-electron chi connectivity index (χ4n) is 0.457. The van der Waals surface area contributed by atoms with E-state index in [1.165, 1.54) is 0 Å². The summed E-state index contributed by atoms with van der Waals surface area (Å²) in [5, 5.41) is 8.02. The van der Waals surface area contributed by atoms with Gasteiger partial charge in [0.05, 0.1) is 0 Å². The quantitative estimate of drug-likeness (QED) is 0.561. The van der Waals surface area contributed by atoms with Crippen molar-refractivity contribution in [2.75, 3.05) is 0 Å². The van der Waals surface area contributed by atoms with E-state index in [4.69, 9.17) is 5.02 Å². The van der Waals surface area contributed by atoms with Crippen molar-refractivity contribution >= 4 is 13.2 Å². The van der Waals surface area contributed by atoms with E-state index in [1.807, 2.05) is 6.92 Å². The summed E-state index contributed by atoms with van der Waals surface area (Å²) in [6.45, 7) is 2.00. The van der Waals surface area contributed by atoms with Crippen LogP contribution in [0, 0.1) is 0 Å². The predicted molar refractivity (Wildman–Crippen MR) is 34.9 cm³/mol. The average molecular weight is 127 g/mol. The molecule has 0 atom stereocenters. The van der Waals surface area contributed by atoms with Gasteiger partial charge in [-0.15, -0.1) is 0 Å². The van der Waals surface area contributed by atoms with E-state index >= 15 is 0 Å². The fraction of sp³-hybridized carbons (Fsp3) is 0.800. The van der Waals surface area contributed by atoms with Crippen LogP contribution in [0.2, 0.25) is 0 Å². The number of amides is 1. The molecular formula is C5H10BNO2. The van der Waals surface area contributed by atoms with E-state index in [9.17, 15) is 4.79 Å². The van der Waals surface area contributed by atoms with Crippen molar-refractivity contribution in [3.8, 4) is 0 Å². The molecule has 0 aromatic heterocycles. The topological polar surface area (TPSA) is 49.7 Å². The zero-order valence-electron chi connectivity index (χ0n) is 5.50. The van der Waals surface area contributed by atoms with Gasteiger partial charge in [0.25, 0.3) is 0 Å². The third-order valence-electron chi connectivity index (χ3n) is 0.946. The Bertz CT molecular complexity index is 114. The molecule has 0 heterocycles. The first-order valence-corrected chi connectivity index (χ1v) is 3.00.